The molecule has 1 heterocycles. The highest BCUT2D eigenvalue weighted by Crippen LogP contribution is 2.30. The van der Waals surface area contributed by atoms with E-state index < -0.39 is 10.8 Å². The van der Waals surface area contributed by atoms with E-state index in [1.165, 1.54) is 18.2 Å². The quantitative estimate of drug-likeness (QED) is 0.624. The summed E-state index contributed by atoms with van der Waals surface area (Å²) in [5.41, 5.74) is 1.21. The predicted molar refractivity (Wildman–Crippen MR) is 107 cm³/mol. The topological polar surface area (TPSA) is 78.7 Å². The summed E-state index contributed by atoms with van der Waals surface area (Å²) in [5, 5.41) is 14.3. The molecule has 0 aromatic heterocycles. The van der Waals surface area contributed by atoms with E-state index in [0.29, 0.717) is 10.7 Å². The van der Waals surface area contributed by atoms with Crippen LogP contribution in [0.2, 0.25) is 5.02 Å². The van der Waals surface area contributed by atoms with Crippen molar-refractivity contribution in [3.8, 4) is 0 Å². The van der Waals surface area contributed by atoms with E-state index in [1.54, 1.807) is 18.2 Å². The van der Waals surface area contributed by atoms with Crippen molar-refractivity contribution in [3.63, 3.8) is 0 Å². The second-order valence-electron chi connectivity index (χ2n) is 6.32. The van der Waals surface area contributed by atoms with Crippen LogP contribution in [0.15, 0.2) is 42.5 Å². The van der Waals surface area contributed by atoms with Crippen molar-refractivity contribution in [2.24, 2.45) is 0 Å². The largest absolute Gasteiger partial charge is 0.368 e. The molecule has 0 atom stereocenters. The van der Waals surface area contributed by atoms with Crippen LogP contribution in [0, 0.1) is 10.1 Å². The average Bonchev–Trinajstić information content (AvgIpc) is 2.68. The van der Waals surface area contributed by atoms with E-state index in [1.807, 2.05) is 6.07 Å². The van der Waals surface area contributed by atoms with Crippen LogP contribution >= 0.6 is 11.6 Å². The summed E-state index contributed by atoms with van der Waals surface area (Å²) in [5.74, 6) is -0.539. The van der Waals surface area contributed by atoms with Gasteiger partial charge in [0, 0.05) is 37.9 Å². The molecule has 1 N–H and O–H groups in total. The molecule has 8 heteroatoms. The van der Waals surface area contributed by atoms with Crippen LogP contribution in [0.5, 0.6) is 0 Å². The van der Waals surface area contributed by atoms with Crippen molar-refractivity contribution < 1.29 is 9.72 Å². The van der Waals surface area contributed by atoms with Gasteiger partial charge in [-0.3, -0.25) is 14.9 Å². The van der Waals surface area contributed by atoms with E-state index in [2.05, 4.69) is 22.0 Å². The third-order valence-electron chi connectivity index (χ3n) is 4.71. The van der Waals surface area contributed by atoms with Crippen LogP contribution in [0.1, 0.15) is 17.3 Å². The fourth-order valence-corrected chi connectivity index (χ4v) is 3.47. The molecule has 1 amide bonds. The summed E-state index contributed by atoms with van der Waals surface area (Å²) in [6, 6.07) is 11.2. The number of hydrogen-bond donors (Lipinski definition) is 1. The van der Waals surface area contributed by atoms with Crippen molar-refractivity contribution in [1.29, 1.82) is 0 Å². The molecule has 7 nitrogen and oxygen atoms in total. The highest BCUT2D eigenvalue weighted by Gasteiger charge is 2.21. The number of amides is 1. The predicted octanol–water partition coefficient (Wildman–Crippen LogP) is 3.64. The second kappa shape index (κ2) is 8.37. The van der Waals surface area contributed by atoms with Crippen molar-refractivity contribution >= 4 is 34.6 Å². The lowest BCUT2D eigenvalue weighted by Crippen LogP contribution is -2.46. The van der Waals surface area contributed by atoms with Gasteiger partial charge in [-0.15, -0.1) is 0 Å². The number of benzene rings is 2. The Hall–Kier alpha value is -2.64. The molecular formula is C19H21ClN4O3. The van der Waals surface area contributed by atoms with Gasteiger partial charge in [-0.25, -0.2) is 0 Å². The lowest BCUT2D eigenvalue weighted by Gasteiger charge is -2.36. The maximum atomic E-state index is 12.4. The zero-order valence-corrected chi connectivity index (χ0v) is 15.8. The molecule has 1 saturated heterocycles. The standard InChI is InChI=1S/C19H21ClN4O3/c1-2-22-9-11-23(12-10-22)18-8-7-14(13-16(18)20)21-19(25)15-5-3-4-6-17(15)24(26)27/h3-8,13H,2,9-12H2,1H3,(H,21,25). The Kier molecular flexibility index (Phi) is 5.93. The first-order valence-electron chi connectivity index (χ1n) is 8.81. The Balaban J connectivity index is 1.73. The van der Waals surface area contributed by atoms with E-state index in [0.717, 1.165) is 38.4 Å². The minimum Gasteiger partial charge on any atom is -0.368 e. The molecule has 1 aliphatic heterocycles. The monoisotopic (exact) mass is 388 g/mol. The van der Waals surface area contributed by atoms with Crippen LogP contribution in [0.25, 0.3) is 0 Å². The molecule has 0 bridgehead atoms. The maximum Gasteiger partial charge on any atom is 0.282 e. The maximum absolute atomic E-state index is 12.4. The summed E-state index contributed by atoms with van der Waals surface area (Å²) in [4.78, 5) is 27.6. The molecule has 0 unspecified atom stereocenters. The number of carbonyl (C=O) groups is 1. The molecule has 0 saturated carbocycles. The minimum atomic E-state index is -0.569. The van der Waals surface area contributed by atoms with E-state index in [9.17, 15) is 14.9 Å². The van der Waals surface area contributed by atoms with Crippen molar-refractivity contribution in [1.82, 2.24) is 4.90 Å². The number of likely N-dealkylation sites (N-methyl/N-ethyl adjacent to an activating group) is 1. The first kappa shape index (κ1) is 19.1. The normalized spacial score (nSPS) is 14.8. The number of carbonyl (C=O) groups excluding carboxylic acids is 1. The third kappa shape index (κ3) is 4.37. The molecule has 1 fully saturated rings. The number of halogens is 1. The summed E-state index contributed by atoms with van der Waals surface area (Å²) < 4.78 is 0. The van der Waals surface area contributed by atoms with Gasteiger partial charge in [-0.2, -0.15) is 0 Å². The van der Waals surface area contributed by atoms with Crippen molar-refractivity contribution in [2.75, 3.05) is 42.9 Å². The molecule has 0 radical (unpaired) electrons. The Morgan fingerprint density at radius 1 is 1.19 bits per heavy atom. The summed E-state index contributed by atoms with van der Waals surface area (Å²) in [6.45, 7) is 6.96. The van der Waals surface area contributed by atoms with E-state index >= 15 is 0 Å². The van der Waals surface area contributed by atoms with Crippen LogP contribution in [0.4, 0.5) is 17.1 Å². The lowest BCUT2D eigenvalue weighted by atomic mass is 10.1. The second-order valence-corrected chi connectivity index (χ2v) is 6.72. The minimum absolute atomic E-state index is 0.0124. The van der Waals surface area contributed by atoms with Crippen LogP contribution in [-0.2, 0) is 0 Å². The Morgan fingerprint density at radius 2 is 1.89 bits per heavy atom. The molecular weight excluding hydrogens is 368 g/mol. The molecule has 0 aliphatic carbocycles. The SMILES string of the molecule is CCN1CCN(c2ccc(NC(=O)c3ccccc3[N+](=O)[O-])cc2Cl)CC1. The number of nitrogens with one attached hydrogen (secondary N) is 1. The molecule has 2 aromatic carbocycles. The lowest BCUT2D eigenvalue weighted by molar-refractivity contribution is -0.385. The van der Waals surface area contributed by atoms with Gasteiger partial charge in [0.25, 0.3) is 11.6 Å². The molecule has 1 aliphatic rings. The first-order valence-corrected chi connectivity index (χ1v) is 9.19. The van der Waals surface area contributed by atoms with Gasteiger partial charge in [0.05, 0.1) is 15.6 Å². The fraction of sp³-hybridized carbons (Fsp3) is 0.316. The number of hydrogen-bond acceptors (Lipinski definition) is 5. The van der Waals surface area contributed by atoms with Gasteiger partial charge in [-0.05, 0) is 30.8 Å². The average molecular weight is 389 g/mol. The third-order valence-corrected chi connectivity index (χ3v) is 5.01. The van der Waals surface area contributed by atoms with Crippen LogP contribution in [0.3, 0.4) is 0 Å². The Morgan fingerprint density at radius 3 is 2.52 bits per heavy atom. The molecule has 142 valence electrons. The van der Waals surface area contributed by atoms with Crippen LogP contribution in [-0.4, -0.2) is 48.5 Å². The Bertz CT molecular complexity index is 851. The van der Waals surface area contributed by atoms with E-state index in [-0.39, 0.29) is 11.3 Å². The first-order chi connectivity index (χ1) is 13.0. The van der Waals surface area contributed by atoms with Crippen molar-refractivity contribution in [3.05, 3.63) is 63.2 Å². The van der Waals surface area contributed by atoms with Gasteiger partial charge in [0.2, 0.25) is 0 Å². The van der Waals surface area contributed by atoms with Crippen LogP contribution < -0.4 is 10.2 Å². The number of para-hydroxylation sites is 1. The van der Waals surface area contributed by atoms with Gasteiger partial charge in [0.1, 0.15) is 5.56 Å². The van der Waals surface area contributed by atoms with Gasteiger partial charge < -0.3 is 15.1 Å². The zero-order valence-electron chi connectivity index (χ0n) is 15.0. The number of nitrogens with zero attached hydrogens (tertiary/aromatic N) is 3. The highest BCUT2D eigenvalue weighted by atomic mass is 35.5. The molecule has 27 heavy (non-hydrogen) atoms. The van der Waals surface area contributed by atoms with Gasteiger partial charge >= 0.3 is 0 Å². The Labute approximate surface area is 162 Å². The molecule has 2 aromatic rings. The number of anilines is 2. The van der Waals surface area contributed by atoms with Gasteiger partial charge in [0.15, 0.2) is 0 Å². The fourth-order valence-electron chi connectivity index (χ4n) is 3.17. The number of nitro groups is 1. The number of piperazine rings is 1. The highest BCUT2D eigenvalue weighted by molar-refractivity contribution is 6.33. The molecule has 3 rings (SSSR count). The smallest absolute Gasteiger partial charge is 0.282 e. The summed E-state index contributed by atoms with van der Waals surface area (Å²) in [6.07, 6.45) is 0. The van der Waals surface area contributed by atoms with E-state index in [4.69, 9.17) is 11.6 Å². The zero-order chi connectivity index (χ0) is 19.4. The van der Waals surface area contributed by atoms with Crippen molar-refractivity contribution in [2.45, 2.75) is 6.92 Å². The molecule has 0 spiro atoms. The van der Waals surface area contributed by atoms with Gasteiger partial charge in [-0.1, -0.05) is 30.7 Å². The summed E-state index contributed by atoms with van der Waals surface area (Å²) in [7, 11) is 0. The summed E-state index contributed by atoms with van der Waals surface area (Å²) >= 11 is 6.43. The number of rotatable bonds is 5. The number of nitro benzene ring substituents is 1.